The molecule has 2 heterocycles. The fourth-order valence-electron chi connectivity index (χ4n) is 2.84. The van der Waals surface area contributed by atoms with E-state index in [2.05, 4.69) is 15.4 Å². The number of ether oxygens (including phenoxy) is 2. The number of methoxy groups -OCH3 is 1. The number of hydrogen-bond acceptors (Lipinski definition) is 10. The zero-order valence-corrected chi connectivity index (χ0v) is 21.4. The molecule has 1 aromatic carbocycles. The normalized spacial score (nSPS) is 10.0. The zero-order chi connectivity index (χ0) is 27.4. The molecule has 0 spiro atoms. The van der Waals surface area contributed by atoms with Crippen molar-refractivity contribution in [1.82, 2.24) is 5.32 Å². The molecule has 4 N–H and O–H groups in total. The number of rotatable bonds is 9. The van der Waals surface area contributed by atoms with E-state index in [1.54, 1.807) is 31.2 Å². The third-order valence-corrected chi connectivity index (χ3v) is 6.28. The number of thiophene rings is 2. The summed E-state index contributed by atoms with van der Waals surface area (Å²) in [6, 6.07) is 10.8. The van der Waals surface area contributed by atoms with Gasteiger partial charge >= 0.3 is 23.9 Å². The van der Waals surface area contributed by atoms with Crippen molar-refractivity contribution >= 4 is 57.5 Å². The van der Waals surface area contributed by atoms with Crippen molar-refractivity contribution in [3.63, 3.8) is 0 Å². The Bertz CT molecular complexity index is 1220. The van der Waals surface area contributed by atoms with Gasteiger partial charge in [-0.1, -0.05) is 18.2 Å². The number of carboxylic acids is 2. The van der Waals surface area contributed by atoms with Gasteiger partial charge in [0.25, 0.3) is 0 Å². The second-order valence-electron chi connectivity index (χ2n) is 7.00. The molecule has 3 aromatic rings. The van der Waals surface area contributed by atoms with Gasteiger partial charge in [0.15, 0.2) is 0 Å². The van der Waals surface area contributed by atoms with Crippen molar-refractivity contribution < 1.29 is 43.7 Å². The molecule has 1 amide bonds. The Balaban J connectivity index is 0.000000717. The fraction of sp³-hybridized carbons (Fsp3) is 0.208. The topological polar surface area (TPSA) is 168 Å². The molecule has 0 unspecified atom stereocenters. The average Bonchev–Trinajstić information content (AvgIpc) is 3.54. The molecule has 2 aromatic heterocycles. The predicted octanol–water partition coefficient (Wildman–Crippen LogP) is 3.32. The van der Waals surface area contributed by atoms with Crippen LogP contribution >= 0.6 is 22.7 Å². The molecule has 0 saturated heterocycles. The molecule has 0 aliphatic carbocycles. The fourth-order valence-corrected chi connectivity index (χ4v) is 4.62. The van der Waals surface area contributed by atoms with Crippen LogP contribution in [0.1, 0.15) is 33.2 Å². The van der Waals surface area contributed by atoms with Gasteiger partial charge in [-0.3, -0.25) is 4.79 Å². The molecule has 0 aliphatic heterocycles. The number of carbonyl (C=O) groups excluding carboxylic acids is 3. The highest BCUT2D eigenvalue weighted by Crippen LogP contribution is 2.38. The zero-order valence-electron chi connectivity index (χ0n) is 19.8. The summed E-state index contributed by atoms with van der Waals surface area (Å²) in [5.74, 6) is -4.77. The van der Waals surface area contributed by atoms with E-state index in [4.69, 9.17) is 24.5 Å². The van der Waals surface area contributed by atoms with Crippen LogP contribution in [0.5, 0.6) is 0 Å². The first-order chi connectivity index (χ1) is 17.7. The summed E-state index contributed by atoms with van der Waals surface area (Å²) in [4.78, 5) is 55.6. The lowest BCUT2D eigenvalue weighted by molar-refractivity contribution is -0.159. The summed E-state index contributed by atoms with van der Waals surface area (Å²) in [5.41, 5.74) is 2.52. The first-order valence-corrected chi connectivity index (χ1v) is 12.4. The van der Waals surface area contributed by atoms with Crippen molar-refractivity contribution in [3.05, 3.63) is 63.8 Å². The van der Waals surface area contributed by atoms with Gasteiger partial charge in [0.05, 0.1) is 25.8 Å². The van der Waals surface area contributed by atoms with E-state index in [-0.39, 0.29) is 19.1 Å². The second-order valence-corrected chi connectivity index (χ2v) is 8.83. The van der Waals surface area contributed by atoms with Crippen molar-refractivity contribution in [3.8, 4) is 10.4 Å². The lowest BCUT2D eigenvalue weighted by atomic mass is 10.1. The molecule has 0 saturated carbocycles. The Morgan fingerprint density at radius 1 is 0.946 bits per heavy atom. The van der Waals surface area contributed by atoms with Gasteiger partial charge in [0.1, 0.15) is 10.6 Å². The van der Waals surface area contributed by atoms with Crippen LogP contribution in [0.15, 0.2) is 47.2 Å². The van der Waals surface area contributed by atoms with Gasteiger partial charge in [-0.15, -0.1) is 22.7 Å². The second kappa shape index (κ2) is 14.5. The van der Waals surface area contributed by atoms with Gasteiger partial charge in [-0.05, 0) is 36.1 Å². The van der Waals surface area contributed by atoms with Crippen molar-refractivity contribution in [1.29, 1.82) is 0 Å². The summed E-state index contributed by atoms with van der Waals surface area (Å²) >= 11 is 2.81. The number of amides is 1. The number of hydrogen-bond donors (Lipinski definition) is 4. The number of aliphatic carboxylic acids is 2. The molecule has 0 aliphatic rings. The number of carboxylic acid groups (broad SMARTS) is 2. The van der Waals surface area contributed by atoms with Gasteiger partial charge < -0.3 is 30.3 Å². The molecular formula is C24H24N2O9S2. The van der Waals surface area contributed by atoms with Crippen LogP contribution in [0, 0.1) is 0 Å². The molecule has 0 radical (unpaired) electrons. The van der Waals surface area contributed by atoms with Crippen LogP contribution in [-0.2, 0) is 30.4 Å². The van der Waals surface area contributed by atoms with E-state index >= 15 is 0 Å². The Morgan fingerprint density at radius 3 is 2.16 bits per heavy atom. The maximum absolute atomic E-state index is 12.5. The van der Waals surface area contributed by atoms with Gasteiger partial charge in [-0.2, -0.15) is 0 Å². The minimum Gasteiger partial charge on any atom is -0.473 e. The standard InChI is InChI=1S/C22H22N2O5S2.C2H2O4/c1-3-29-22(27)19-16(17-5-4-10-30-17)13-31-20(19)24-18(25)12-23-11-14-6-8-15(9-7-14)21(26)28-2;3-1(4)2(5)6/h4-10,13,23H,3,11-12H2,1-2H3,(H,24,25);(H,3,4)(H,5,6). The molecule has 0 bridgehead atoms. The summed E-state index contributed by atoms with van der Waals surface area (Å²) in [7, 11) is 1.33. The van der Waals surface area contributed by atoms with E-state index in [0.29, 0.717) is 22.7 Å². The first kappa shape index (κ1) is 29.2. The maximum Gasteiger partial charge on any atom is 0.414 e. The van der Waals surface area contributed by atoms with Crippen LogP contribution in [0.2, 0.25) is 0 Å². The number of anilines is 1. The van der Waals surface area contributed by atoms with Crippen LogP contribution < -0.4 is 10.6 Å². The summed E-state index contributed by atoms with van der Waals surface area (Å²) in [6.45, 7) is 2.51. The smallest absolute Gasteiger partial charge is 0.414 e. The Morgan fingerprint density at radius 2 is 1.62 bits per heavy atom. The number of esters is 2. The van der Waals surface area contributed by atoms with Crippen LogP contribution in [0.25, 0.3) is 10.4 Å². The van der Waals surface area contributed by atoms with E-state index in [9.17, 15) is 14.4 Å². The lowest BCUT2D eigenvalue weighted by Gasteiger charge is -2.09. The van der Waals surface area contributed by atoms with Crippen molar-refractivity contribution in [2.75, 3.05) is 25.6 Å². The minimum absolute atomic E-state index is 0.0628. The van der Waals surface area contributed by atoms with E-state index < -0.39 is 23.9 Å². The van der Waals surface area contributed by atoms with Crippen molar-refractivity contribution in [2.24, 2.45) is 0 Å². The highest BCUT2D eigenvalue weighted by molar-refractivity contribution is 7.17. The number of nitrogens with one attached hydrogen (secondary N) is 2. The van der Waals surface area contributed by atoms with Gasteiger partial charge in [0.2, 0.25) is 5.91 Å². The molecule has 37 heavy (non-hydrogen) atoms. The largest absolute Gasteiger partial charge is 0.473 e. The van der Waals surface area contributed by atoms with Gasteiger partial charge in [0, 0.05) is 22.4 Å². The minimum atomic E-state index is -1.82. The Labute approximate surface area is 219 Å². The summed E-state index contributed by atoms with van der Waals surface area (Å²) in [5, 5.41) is 24.9. The third kappa shape index (κ3) is 8.83. The van der Waals surface area contributed by atoms with Crippen LogP contribution in [-0.4, -0.2) is 60.3 Å². The van der Waals surface area contributed by atoms with E-state index in [0.717, 1.165) is 16.0 Å². The molecule has 196 valence electrons. The highest BCUT2D eigenvalue weighted by Gasteiger charge is 2.23. The number of carbonyl (C=O) groups is 5. The Kier molecular flexibility index (Phi) is 11.4. The summed E-state index contributed by atoms with van der Waals surface area (Å²) < 4.78 is 9.87. The van der Waals surface area contributed by atoms with E-state index in [1.807, 2.05) is 22.9 Å². The van der Waals surface area contributed by atoms with Crippen LogP contribution in [0.3, 0.4) is 0 Å². The van der Waals surface area contributed by atoms with E-state index in [1.165, 1.54) is 29.8 Å². The van der Waals surface area contributed by atoms with Crippen molar-refractivity contribution in [2.45, 2.75) is 13.5 Å². The quantitative estimate of drug-likeness (QED) is 0.230. The first-order valence-electron chi connectivity index (χ1n) is 10.6. The molecular weight excluding hydrogens is 524 g/mol. The van der Waals surface area contributed by atoms with Gasteiger partial charge in [-0.25, -0.2) is 19.2 Å². The number of benzene rings is 1. The van der Waals surface area contributed by atoms with Crippen LogP contribution in [0.4, 0.5) is 5.00 Å². The third-order valence-electron chi connectivity index (χ3n) is 4.48. The molecule has 0 atom stereocenters. The molecule has 13 heteroatoms. The molecule has 3 rings (SSSR count). The summed E-state index contributed by atoms with van der Waals surface area (Å²) in [6.07, 6.45) is 0. The Hall–Kier alpha value is -4.07. The molecule has 11 nitrogen and oxygen atoms in total. The maximum atomic E-state index is 12.5. The SMILES string of the molecule is CCOC(=O)c1c(-c2cccs2)csc1NC(=O)CNCc1ccc(C(=O)OC)cc1.O=C(O)C(=O)O. The highest BCUT2D eigenvalue weighted by atomic mass is 32.1. The average molecular weight is 549 g/mol. The molecule has 0 fully saturated rings. The lowest BCUT2D eigenvalue weighted by Crippen LogP contribution is -2.28. The monoisotopic (exact) mass is 548 g/mol. The predicted molar refractivity (Wildman–Crippen MR) is 137 cm³/mol.